The molecular formula is C15H29N3O3. The number of likely N-dealkylation sites (tertiary alicyclic amines) is 1. The highest BCUT2D eigenvalue weighted by Gasteiger charge is 2.33. The van der Waals surface area contributed by atoms with Crippen LogP contribution in [0.1, 0.15) is 26.7 Å². The highest BCUT2D eigenvalue weighted by molar-refractivity contribution is 5.82. The van der Waals surface area contributed by atoms with Gasteiger partial charge in [0.15, 0.2) is 0 Å². The lowest BCUT2D eigenvalue weighted by Crippen LogP contribution is -2.53. The van der Waals surface area contributed by atoms with Gasteiger partial charge in [0.05, 0.1) is 0 Å². The number of nitrogens with zero attached hydrogens (tertiary/aromatic N) is 3. The standard InChI is InChI=1S/C15H29N3O3/c1-11(2)13(14(19)20)17(5)15(21)18-8-6-12(7-9-18)10-16(3)4/h11-13H,6-10H2,1-5H3,(H,19,20)/t13-/m0/s1. The number of carbonyl (C=O) groups is 2. The van der Waals surface area contributed by atoms with Crippen LogP contribution < -0.4 is 0 Å². The molecule has 21 heavy (non-hydrogen) atoms. The van der Waals surface area contributed by atoms with E-state index < -0.39 is 12.0 Å². The molecule has 1 N–H and O–H groups in total. The summed E-state index contributed by atoms with van der Waals surface area (Å²) in [6.07, 6.45) is 1.97. The Labute approximate surface area is 127 Å². The van der Waals surface area contributed by atoms with Gasteiger partial charge in [-0.15, -0.1) is 0 Å². The van der Waals surface area contributed by atoms with E-state index in [4.69, 9.17) is 0 Å². The van der Waals surface area contributed by atoms with Gasteiger partial charge in [0.25, 0.3) is 0 Å². The van der Waals surface area contributed by atoms with Crippen molar-refractivity contribution in [1.82, 2.24) is 14.7 Å². The molecule has 2 amide bonds. The Balaban J connectivity index is 2.58. The Hall–Kier alpha value is -1.30. The number of carboxylic acids is 1. The summed E-state index contributed by atoms with van der Waals surface area (Å²) in [5.74, 6) is -0.430. The minimum atomic E-state index is -0.941. The van der Waals surface area contributed by atoms with Crippen LogP contribution in [0.15, 0.2) is 0 Å². The highest BCUT2D eigenvalue weighted by Crippen LogP contribution is 2.20. The Bertz CT molecular complexity index is 363. The molecule has 1 aliphatic rings. The molecule has 0 unspecified atom stereocenters. The van der Waals surface area contributed by atoms with Gasteiger partial charge >= 0.3 is 12.0 Å². The lowest BCUT2D eigenvalue weighted by molar-refractivity contribution is -0.143. The molecular weight excluding hydrogens is 270 g/mol. The summed E-state index contributed by atoms with van der Waals surface area (Å²) in [5.41, 5.74) is 0. The number of urea groups is 1. The molecule has 122 valence electrons. The smallest absolute Gasteiger partial charge is 0.326 e. The molecule has 0 aromatic rings. The van der Waals surface area contributed by atoms with Crippen molar-refractivity contribution < 1.29 is 14.7 Å². The molecule has 0 aliphatic carbocycles. The average molecular weight is 299 g/mol. The van der Waals surface area contributed by atoms with Gasteiger partial charge in [0.1, 0.15) is 6.04 Å². The molecule has 1 aliphatic heterocycles. The summed E-state index contributed by atoms with van der Waals surface area (Å²) in [6.45, 7) is 6.12. The first kappa shape index (κ1) is 17.8. The second-order valence-corrected chi connectivity index (χ2v) is 6.61. The number of carboxylic acid groups (broad SMARTS) is 1. The first-order chi connectivity index (χ1) is 9.73. The highest BCUT2D eigenvalue weighted by atomic mass is 16.4. The SMILES string of the molecule is CC(C)[C@@H](C(=O)O)N(C)C(=O)N1CCC(CN(C)C)CC1. The third-order valence-electron chi connectivity index (χ3n) is 4.11. The third-order valence-corrected chi connectivity index (χ3v) is 4.11. The van der Waals surface area contributed by atoms with Gasteiger partial charge in [-0.25, -0.2) is 9.59 Å². The summed E-state index contributed by atoms with van der Waals surface area (Å²) in [7, 11) is 5.71. The Kier molecular flexibility index (Phi) is 6.45. The summed E-state index contributed by atoms with van der Waals surface area (Å²) < 4.78 is 0. The summed E-state index contributed by atoms with van der Waals surface area (Å²) in [6, 6.07) is -0.934. The van der Waals surface area contributed by atoms with E-state index in [1.807, 2.05) is 13.8 Å². The number of amides is 2. The van der Waals surface area contributed by atoms with Crippen molar-refractivity contribution in [2.75, 3.05) is 40.8 Å². The summed E-state index contributed by atoms with van der Waals surface area (Å²) in [5, 5.41) is 9.28. The van der Waals surface area contributed by atoms with Crippen LogP contribution >= 0.6 is 0 Å². The zero-order chi connectivity index (χ0) is 16.2. The minimum absolute atomic E-state index is 0.109. The second-order valence-electron chi connectivity index (χ2n) is 6.61. The third kappa shape index (κ3) is 4.88. The van der Waals surface area contributed by atoms with Crippen LogP contribution in [0.2, 0.25) is 0 Å². The van der Waals surface area contributed by atoms with Crippen molar-refractivity contribution in [2.24, 2.45) is 11.8 Å². The molecule has 0 spiro atoms. The fraction of sp³-hybridized carbons (Fsp3) is 0.867. The van der Waals surface area contributed by atoms with Crippen LogP contribution in [0, 0.1) is 11.8 Å². The summed E-state index contributed by atoms with van der Waals surface area (Å²) in [4.78, 5) is 29.1. The lowest BCUT2D eigenvalue weighted by Gasteiger charge is -2.37. The van der Waals surface area contributed by atoms with E-state index in [1.54, 1.807) is 11.9 Å². The van der Waals surface area contributed by atoms with E-state index in [2.05, 4.69) is 19.0 Å². The molecule has 0 aromatic heterocycles. The Morgan fingerprint density at radius 3 is 2.10 bits per heavy atom. The molecule has 1 saturated heterocycles. The van der Waals surface area contributed by atoms with Crippen LogP contribution in [0.5, 0.6) is 0 Å². The lowest BCUT2D eigenvalue weighted by atomic mass is 9.96. The number of hydrogen-bond acceptors (Lipinski definition) is 3. The fourth-order valence-electron chi connectivity index (χ4n) is 3.06. The summed E-state index contributed by atoms with van der Waals surface area (Å²) >= 11 is 0. The van der Waals surface area contributed by atoms with Crippen LogP contribution in [0.25, 0.3) is 0 Å². The zero-order valence-corrected chi connectivity index (χ0v) is 13.9. The van der Waals surface area contributed by atoms with Crippen molar-refractivity contribution >= 4 is 12.0 Å². The van der Waals surface area contributed by atoms with E-state index in [0.717, 1.165) is 19.4 Å². The van der Waals surface area contributed by atoms with Gasteiger partial charge in [0, 0.05) is 26.7 Å². The predicted molar refractivity (Wildman–Crippen MR) is 82.3 cm³/mol. The molecule has 1 fully saturated rings. The Morgan fingerprint density at radius 1 is 1.19 bits per heavy atom. The van der Waals surface area contributed by atoms with Crippen molar-refractivity contribution in [2.45, 2.75) is 32.7 Å². The number of hydrogen-bond donors (Lipinski definition) is 1. The monoisotopic (exact) mass is 299 g/mol. The molecule has 1 heterocycles. The molecule has 1 rings (SSSR count). The fourth-order valence-corrected chi connectivity index (χ4v) is 3.06. The number of piperidine rings is 1. The van der Waals surface area contributed by atoms with Gasteiger partial charge in [-0.2, -0.15) is 0 Å². The van der Waals surface area contributed by atoms with Crippen LogP contribution in [0.3, 0.4) is 0 Å². The first-order valence-electron chi connectivity index (χ1n) is 7.63. The van der Waals surface area contributed by atoms with Crippen molar-refractivity contribution in [1.29, 1.82) is 0 Å². The molecule has 1 atom stereocenters. The van der Waals surface area contributed by atoms with Crippen molar-refractivity contribution in [3.05, 3.63) is 0 Å². The normalized spacial score (nSPS) is 18.1. The number of rotatable bonds is 5. The number of likely N-dealkylation sites (N-methyl/N-ethyl adjacent to an activating group) is 1. The first-order valence-corrected chi connectivity index (χ1v) is 7.63. The Morgan fingerprint density at radius 2 is 1.71 bits per heavy atom. The van der Waals surface area contributed by atoms with Gasteiger partial charge in [-0.3, -0.25) is 0 Å². The van der Waals surface area contributed by atoms with Crippen molar-refractivity contribution in [3.63, 3.8) is 0 Å². The maximum Gasteiger partial charge on any atom is 0.326 e. The molecule has 0 radical (unpaired) electrons. The molecule has 6 nitrogen and oxygen atoms in total. The molecule has 0 saturated carbocycles. The quantitative estimate of drug-likeness (QED) is 0.834. The van der Waals surface area contributed by atoms with E-state index in [9.17, 15) is 14.7 Å². The average Bonchev–Trinajstić information content (AvgIpc) is 2.37. The zero-order valence-electron chi connectivity index (χ0n) is 13.9. The van der Waals surface area contributed by atoms with E-state index in [0.29, 0.717) is 19.0 Å². The molecule has 0 aromatic carbocycles. The predicted octanol–water partition coefficient (Wildman–Crippen LogP) is 1.42. The maximum absolute atomic E-state index is 12.5. The topological polar surface area (TPSA) is 64.1 Å². The van der Waals surface area contributed by atoms with E-state index >= 15 is 0 Å². The minimum Gasteiger partial charge on any atom is -0.480 e. The van der Waals surface area contributed by atoms with Crippen LogP contribution in [0.4, 0.5) is 4.79 Å². The van der Waals surface area contributed by atoms with Crippen molar-refractivity contribution in [3.8, 4) is 0 Å². The van der Waals surface area contributed by atoms with Crippen LogP contribution in [-0.4, -0.2) is 78.6 Å². The molecule has 6 heteroatoms. The van der Waals surface area contributed by atoms with E-state index in [-0.39, 0.29) is 11.9 Å². The number of carbonyl (C=O) groups excluding carboxylic acids is 1. The number of aliphatic carboxylic acids is 1. The van der Waals surface area contributed by atoms with Gasteiger partial charge < -0.3 is 19.8 Å². The van der Waals surface area contributed by atoms with Crippen LogP contribution in [-0.2, 0) is 4.79 Å². The van der Waals surface area contributed by atoms with E-state index in [1.165, 1.54) is 4.90 Å². The van der Waals surface area contributed by atoms with Gasteiger partial charge in [-0.05, 0) is 38.8 Å². The second kappa shape index (κ2) is 7.64. The van der Waals surface area contributed by atoms with Gasteiger partial charge in [-0.1, -0.05) is 13.8 Å². The van der Waals surface area contributed by atoms with Gasteiger partial charge in [0.2, 0.25) is 0 Å². The molecule has 0 bridgehead atoms. The maximum atomic E-state index is 12.5. The largest absolute Gasteiger partial charge is 0.480 e.